The lowest BCUT2D eigenvalue weighted by Gasteiger charge is -2.10. The first kappa shape index (κ1) is 35.0. The molecule has 5 heterocycles. The minimum atomic E-state index is -5.10. The highest BCUT2D eigenvalue weighted by Gasteiger charge is 2.29. The number of nitrogens with zero attached hydrogens (tertiary/aromatic N) is 2. The summed E-state index contributed by atoms with van der Waals surface area (Å²) in [6.45, 7) is 0. The Morgan fingerprint density at radius 2 is 0.750 bits per heavy atom. The van der Waals surface area contributed by atoms with Gasteiger partial charge in [0.1, 0.15) is 9.79 Å². The van der Waals surface area contributed by atoms with Gasteiger partial charge >= 0.3 is 0 Å². The molecule has 4 N–H and O–H groups in total. The number of nitrogens with one attached hydrogen (secondary N) is 2. The van der Waals surface area contributed by atoms with Gasteiger partial charge in [0.2, 0.25) is 0 Å². The Morgan fingerprint density at radius 3 is 1.25 bits per heavy atom. The molecule has 12 heteroatoms. The molecule has 7 aromatic rings. The van der Waals surface area contributed by atoms with E-state index in [2.05, 4.69) is 15.0 Å². The molecule has 8 bridgehead atoms. The lowest BCUT2D eigenvalue weighted by atomic mass is 9.93. The molecule has 0 saturated carbocycles. The van der Waals surface area contributed by atoms with Crippen LogP contribution in [-0.2, 0) is 20.2 Å². The van der Waals surface area contributed by atoms with E-state index in [9.17, 15) is 25.9 Å². The second-order valence-electron chi connectivity index (χ2n) is 13.2. The Morgan fingerprint density at radius 1 is 0.375 bits per heavy atom. The van der Waals surface area contributed by atoms with Gasteiger partial charge in [-0.3, -0.25) is 9.11 Å². The minimum Gasteiger partial charge on any atom is -0.354 e. The summed E-state index contributed by atoms with van der Waals surface area (Å²) in [7, 11) is -10.1. The van der Waals surface area contributed by atoms with Crippen LogP contribution in [0, 0.1) is 0 Å². The van der Waals surface area contributed by atoms with Gasteiger partial charge in [-0.05, 0) is 58.7 Å². The molecule has 274 valence electrons. The van der Waals surface area contributed by atoms with Crippen LogP contribution in [0.3, 0.4) is 0 Å². The summed E-state index contributed by atoms with van der Waals surface area (Å²) >= 11 is 0. The van der Waals surface area contributed by atoms with Crippen molar-refractivity contribution in [2.24, 2.45) is 0 Å². The Hall–Kier alpha value is -6.70. The second kappa shape index (κ2) is 13.6. The smallest absolute Gasteiger partial charge is 0.298 e. The van der Waals surface area contributed by atoms with Crippen molar-refractivity contribution in [2.45, 2.75) is 9.79 Å². The number of rotatable bonds is 6. The monoisotopic (exact) mass is 774 g/mol. The average Bonchev–Trinajstić information content (AvgIpc) is 4.02. The van der Waals surface area contributed by atoms with E-state index < -0.39 is 30.0 Å². The second-order valence-corrected chi connectivity index (χ2v) is 15.9. The molecule has 0 radical (unpaired) electrons. The van der Waals surface area contributed by atoms with Gasteiger partial charge in [-0.25, -0.2) is 9.97 Å². The summed E-state index contributed by atoms with van der Waals surface area (Å²) in [5.41, 5.74) is 6.96. The van der Waals surface area contributed by atoms with Gasteiger partial charge in [0.05, 0.1) is 39.3 Å². The van der Waals surface area contributed by atoms with E-state index in [1.165, 1.54) is 18.2 Å². The first-order valence-electron chi connectivity index (χ1n) is 17.5. The highest BCUT2D eigenvalue weighted by Crippen LogP contribution is 2.46. The molecular formula is C44H30N4O6S2. The molecule has 9 rings (SSSR count). The van der Waals surface area contributed by atoms with Gasteiger partial charge < -0.3 is 9.97 Å². The van der Waals surface area contributed by atoms with E-state index in [0.29, 0.717) is 50.2 Å². The van der Waals surface area contributed by atoms with Crippen molar-refractivity contribution in [2.75, 3.05) is 0 Å². The standard InChI is InChI=1S/C44H30N4O6S2/c49-55(50,51)43-34-24-23-32(46-34)37(27-13-5-1-6-14-27)31-21-22-33(45-31)38(28-15-7-2-8-16-28)41-39(29-17-9-3-10-18-29)40(30-19-11-4-12-20-30)42(48-41)44(56(52,53)54)36-26-25-35(43)47-36/h1-26,46,48H,(H,49,50,51)(H,52,53,54). The van der Waals surface area contributed by atoms with Gasteiger partial charge in [0, 0.05) is 27.8 Å². The van der Waals surface area contributed by atoms with Gasteiger partial charge in [-0.2, -0.15) is 16.8 Å². The Kier molecular flexibility index (Phi) is 8.48. The zero-order valence-corrected chi connectivity index (χ0v) is 30.9. The van der Waals surface area contributed by atoms with E-state index in [1.807, 2.05) is 133 Å². The van der Waals surface area contributed by atoms with Gasteiger partial charge in [0.25, 0.3) is 20.2 Å². The zero-order chi connectivity index (χ0) is 38.6. The van der Waals surface area contributed by atoms with Crippen LogP contribution in [0.25, 0.3) is 90.9 Å². The maximum Gasteiger partial charge on any atom is 0.298 e. The normalized spacial score (nSPS) is 12.6. The third kappa shape index (κ3) is 6.16. The maximum atomic E-state index is 13.7. The number of hydrogen-bond donors (Lipinski definition) is 4. The van der Waals surface area contributed by atoms with Crippen LogP contribution < -0.4 is 0 Å². The first-order chi connectivity index (χ1) is 27.1. The summed E-state index contributed by atoms with van der Waals surface area (Å²) in [5, 5.41) is 0. The van der Waals surface area contributed by atoms with E-state index in [4.69, 9.17) is 4.98 Å². The highest BCUT2D eigenvalue weighted by atomic mass is 32.2. The van der Waals surface area contributed by atoms with Crippen LogP contribution in [-0.4, -0.2) is 45.9 Å². The molecule has 2 aliphatic heterocycles. The van der Waals surface area contributed by atoms with E-state index >= 15 is 0 Å². The molecule has 0 amide bonds. The predicted molar refractivity (Wildman–Crippen MR) is 220 cm³/mol. The van der Waals surface area contributed by atoms with Crippen LogP contribution in [0.4, 0.5) is 0 Å². The summed E-state index contributed by atoms with van der Waals surface area (Å²) in [4.78, 5) is 15.1. The molecule has 10 nitrogen and oxygen atoms in total. The summed E-state index contributed by atoms with van der Waals surface area (Å²) in [6.07, 6.45) is 6.35. The summed E-state index contributed by atoms with van der Waals surface area (Å²) < 4.78 is 75.5. The summed E-state index contributed by atoms with van der Waals surface area (Å²) in [6, 6.07) is 41.0. The molecule has 0 fully saturated rings. The fraction of sp³-hybridized carbons (Fsp3) is 0. The van der Waals surface area contributed by atoms with E-state index in [0.717, 1.165) is 16.7 Å². The van der Waals surface area contributed by atoms with Crippen molar-refractivity contribution in [1.82, 2.24) is 19.9 Å². The predicted octanol–water partition coefficient (Wildman–Crippen LogP) is 9.82. The number of aromatic amines is 2. The topological polar surface area (TPSA) is 166 Å². The largest absolute Gasteiger partial charge is 0.354 e. The lowest BCUT2D eigenvalue weighted by molar-refractivity contribution is 0.482. The molecular weight excluding hydrogens is 745 g/mol. The minimum absolute atomic E-state index is 0.00268. The van der Waals surface area contributed by atoms with Crippen LogP contribution in [0.1, 0.15) is 22.8 Å². The average molecular weight is 775 g/mol. The van der Waals surface area contributed by atoms with Crippen molar-refractivity contribution >= 4 is 66.6 Å². The van der Waals surface area contributed by atoms with Crippen molar-refractivity contribution in [3.8, 4) is 44.5 Å². The number of benzene rings is 4. The zero-order valence-electron chi connectivity index (χ0n) is 29.2. The van der Waals surface area contributed by atoms with Crippen molar-refractivity contribution < 1.29 is 25.9 Å². The molecule has 56 heavy (non-hydrogen) atoms. The number of hydrogen-bond acceptors (Lipinski definition) is 6. The van der Waals surface area contributed by atoms with Gasteiger partial charge in [0.15, 0.2) is 0 Å². The molecule has 0 spiro atoms. The number of fused-ring (bicyclic) bond motifs is 8. The van der Waals surface area contributed by atoms with E-state index in [-0.39, 0.29) is 22.4 Å². The van der Waals surface area contributed by atoms with Crippen molar-refractivity contribution in [3.63, 3.8) is 0 Å². The Balaban J connectivity index is 1.63. The maximum absolute atomic E-state index is 13.7. The SMILES string of the molecule is O=S(=O)(O)c1c2nc(c(S(=O)(=O)O)c3[nH]c(c(-c4ccccc4)c4nc(c(-c5ccccc5)c5ccc1[nH]5)C=C4)c(-c1ccccc1)c3-c1ccccc1)C=C2. The van der Waals surface area contributed by atoms with E-state index in [1.54, 1.807) is 6.07 Å². The lowest BCUT2D eigenvalue weighted by Crippen LogP contribution is -2.04. The molecule has 0 atom stereocenters. The Bertz CT molecular complexity index is 3160. The van der Waals surface area contributed by atoms with Crippen LogP contribution in [0.15, 0.2) is 143 Å². The number of H-pyrrole nitrogens is 2. The number of aromatic nitrogens is 4. The molecule has 0 aliphatic carbocycles. The Labute approximate surface area is 321 Å². The molecule has 3 aromatic heterocycles. The van der Waals surface area contributed by atoms with Crippen LogP contribution in [0.5, 0.6) is 0 Å². The fourth-order valence-corrected chi connectivity index (χ4v) is 9.01. The van der Waals surface area contributed by atoms with Crippen molar-refractivity contribution in [1.29, 1.82) is 0 Å². The molecule has 0 unspecified atom stereocenters. The first-order valence-corrected chi connectivity index (χ1v) is 20.3. The summed E-state index contributed by atoms with van der Waals surface area (Å²) in [5.74, 6) is 0. The van der Waals surface area contributed by atoms with Gasteiger partial charge in [-0.15, -0.1) is 0 Å². The molecule has 4 aromatic carbocycles. The quantitative estimate of drug-likeness (QED) is 0.121. The van der Waals surface area contributed by atoms with Gasteiger partial charge in [-0.1, -0.05) is 121 Å². The third-order valence-electron chi connectivity index (χ3n) is 9.70. The highest BCUT2D eigenvalue weighted by molar-refractivity contribution is 7.86. The molecule has 2 aliphatic rings. The third-order valence-corrected chi connectivity index (χ3v) is 11.6. The van der Waals surface area contributed by atoms with Crippen LogP contribution >= 0.6 is 0 Å². The molecule has 0 saturated heterocycles. The fourth-order valence-electron chi connectivity index (χ4n) is 7.44. The van der Waals surface area contributed by atoms with Crippen molar-refractivity contribution in [3.05, 3.63) is 156 Å². The van der Waals surface area contributed by atoms with Crippen LogP contribution in [0.2, 0.25) is 0 Å².